The van der Waals surface area contributed by atoms with Crippen LogP contribution in [-0.2, 0) is 0 Å². The minimum absolute atomic E-state index is 0.118. The molecule has 0 saturated heterocycles. The summed E-state index contributed by atoms with van der Waals surface area (Å²) < 4.78 is 2.06. The standard InChI is InChI=1S/C3H9Si.CH3.Pr/c1-4(2)3;;/h1-3H3;1H3;. The zero-order valence-electron chi connectivity index (χ0n) is 5.08. The van der Waals surface area contributed by atoms with Crippen LogP contribution in [0.1, 0.15) is 0 Å². The predicted octanol–water partition coefficient (Wildman–Crippen LogP) is 1.95. The fourth-order valence-corrected chi connectivity index (χ4v) is 0. The second-order valence-electron chi connectivity index (χ2n) is 2.65. The molecule has 2 heteroatoms. The van der Waals surface area contributed by atoms with Crippen LogP contribution >= 0.6 is 0 Å². The molecule has 0 aliphatic carbocycles. The van der Waals surface area contributed by atoms with Crippen molar-refractivity contribution >= 4 is 2.58 Å². The van der Waals surface area contributed by atoms with Crippen LogP contribution in [0.15, 0.2) is 0 Å². The van der Waals surface area contributed by atoms with Crippen molar-refractivity contribution < 1.29 is 36.0 Å². The molecule has 0 heterocycles. The van der Waals surface area contributed by atoms with Crippen LogP contribution < -0.4 is 0 Å². The molecular formula is C4H12PrSi. The molecule has 0 aromatic rings. The Labute approximate surface area is 59.9 Å². The van der Waals surface area contributed by atoms with Crippen LogP contribution in [-0.4, -0.2) is 2.58 Å². The molecule has 0 aliphatic heterocycles. The molecule has 0 nitrogen and oxygen atoms in total. The molecule has 0 spiro atoms. The van der Waals surface area contributed by atoms with Gasteiger partial charge in [0.05, 0.1) is 0 Å². The van der Waals surface area contributed by atoms with Crippen molar-refractivity contribution in [2.45, 2.75) is 22.1 Å². The molecule has 0 rings (SSSR count). The first-order chi connectivity index (χ1) is 2.56. The van der Waals surface area contributed by atoms with E-state index in [0.29, 0.717) is 0 Å². The molecule has 0 unspecified atom stereocenters. The van der Waals surface area contributed by atoms with Gasteiger partial charge in [-0.25, -0.2) is 0 Å². The van der Waals surface area contributed by atoms with Gasteiger partial charge < -0.3 is 0 Å². The van der Waals surface area contributed by atoms with E-state index >= 15 is 0 Å². The molecule has 0 aromatic heterocycles. The monoisotopic (exact) mass is 229 g/mol. The zero-order chi connectivity index (χ0) is 5.21. The first kappa shape index (κ1) is 7.58. The Morgan fingerprint density at radius 1 is 1.17 bits per heavy atom. The SMILES string of the molecule is [CH3][Pr][Si](C)(C)C. The van der Waals surface area contributed by atoms with E-state index in [2.05, 4.69) is 22.1 Å². The van der Waals surface area contributed by atoms with Crippen LogP contribution in [0.3, 0.4) is 0 Å². The Morgan fingerprint density at radius 3 is 1.33 bits per heavy atom. The Balaban J connectivity index is 3.17. The van der Waals surface area contributed by atoms with Crippen molar-refractivity contribution in [2.24, 2.45) is 0 Å². The Hall–Kier alpha value is 1.58. The van der Waals surface area contributed by atoms with E-state index < -0.39 is 2.58 Å². The number of rotatable bonds is 1. The maximum absolute atomic E-state index is 2.48. The quantitative estimate of drug-likeness (QED) is 0.603. The van der Waals surface area contributed by atoms with Crippen LogP contribution in [0, 0.1) is 36.0 Å². The fraction of sp³-hybridized carbons (Fsp3) is 1.00. The van der Waals surface area contributed by atoms with Gasteiger partial charge in [-0.1, -0.05) is 0 Å². The zero-order valence-corrected chi connectivity index (χ0v) is 9.78. The van der Waals surface area contributed by atoms with Crippen LogP contribution in [0.5, 0.6) is 0 Å². The average molecular weight is 229 g/mol. The van der Waals surface area contributed by atoms with Gasteiger partial charge in [0.2, 0.25) is 0 Å². The molecule has 0 N–H and O–H groups in total. The predicted molar refractivity (Wildman–Crippen MR) is 29.2 cm³/mol. The van der Waals surface area contributed by atoms with Crippen molar-refractivity contribution in [3.05, 3.63) is 0 Å². The molecule has 6 heavy (non-hydrogen) atoms. The summed E-state index contributed by atoms with van der Waals surface area (Å²) in [6.07, 6.45) is 0. The Morgan fingerprint density at radius 2 is 1.33 bits per heavy atom. The molecule has 0 bridgehead atoms. The van der Waals surface area contributed by atoms with Gasteiger partial charge in [-0.15, -0.1) is 0 Å². The third kappa shape index (κ3) is 5.58. The summed E-state index contributed by atoms with van der Waals surface area (Å²) in [5.74, 6) is 0. The summed E-state index contributed by atoms with van der Waals surface area (Å²) in [4.78, 5) is 0. The van der Waals surface area contributed by atoms with E-state index in [0.717, 1.165) is 0 Å². The summed E-state index contributed by atoms with van der Waals surface area (Å²) in [7, 11) is 0. The Kier molecular flexibility index (Phi) is 3.52. The van der Waals surface area contributed by atoms with E-state index in [4.69, 9.17) is 0 Å². The normalized spacial score (nSPS) is 10.7. The van der Waals surface area contributed by atoms with Gasteiger partial charge in [-0.05, 0) is 0 Å². The average Bonchev–Trinajstić information content (AvgIpc) is 1.35. The van der Waals surface area contributed by atoms with Crippen LogP contribution in [0.4, 0.5) is 0 Å². The fourth-order valence-electron chi connectivity index (χ4n) is 0. The summed E-state index contributed by atoms with van der Waals surface area (Å²) in [5.41, 5.74) is 0. The third-order valence-corrected chi connectivity index (χ3v) is 19.3. The molecule has 0 aromatic carbocycles. The van der Waals surface area contributed by atoms with Crippen molar-refractivity contribution in [1.82, 2.24) is 0 Å². The maximum atomic E-state index is 2.48. The van der Waals surface area contributed by atoms with Crippen molar-refractivity contribution in [3.63, 3.8) is 0 Å². The van der Waals surface area contributed by atoms with Gasteiger partial charge in [0.15, 0.2) is 0 Å². The van der Waals surface area contributed by atoms with E-state index in [-0.39, 0.29) is 36.0 Å². The molecular weight excluding hydrogens is 217 g/mol. The van der Waals surface area contributed by atoms with Crippen molar-refractivity contribution in [2.75, 3.05) is 0 Å². The molecule has 0 amide bonds. The van der Waals surface area contributed by atoms with Crippen LogP contribution in [0.25, 0.3) is 0 Å². The summed E-state index contributed by atoms with van der Waals surface area (Å²) in [6.45, 7) is 7.42. The van der Waals surface area contributed by atoms with E-state index in [1.54, 1.807) is 0 Å². The van der Waals surface area contributed by atoms with Gasteiger partial charge >= 0.3 is 60.7 Å². The molecule has 0 aliphatic rings. The molecule has 0 fully saturated rings. The van der Waals surface area contributed by atoms with Gasteiger partial charge in [-0.3, -0.25) is 0 Å². The second kappa shape index (κ2) is 2.78. The Bertz CT molecular complexity index is 37.3. The first-order valence-electron chi connectivity index (χ1n) is 2.37. The topological polar surface area (TPSA) is 0 Å². The van der Waals surface area contributed by atoms with Gasteiger partial charge in [0, 0.05) is 0 Å². The van der Waals surface area contributed by atoms with E-state index in [9.17, 15) is 0 Å². The van der Waals surface area contributed by atoms with E-state index in [1.165, 1.54) is 0 Å². The second-order valence-corrected chi connectivity index (χ2v) is 30.2. The van der Waals surface area contributed by atoms with Crippen LogP contribution in [0.2, 0.25) is 22.1 Å². The number of hydrogen-bond donors (Lipinski definition) is 0. The van der Waals surface area contributed by atoms with Crippen molar-refractivity contribution in [3.8, 4) is 0 Å². The van der Waals surface area contributed by atoms with Gasteiger partial charge in [0.25, 0.3) is 0 Å². The molecule has 0 radical (unpaired) electrons. The van der Waals surface area contributed by atoms with Gasteiger partial charge in [-0.2, -0.15) is 0 Å². The van der Waals surface area contributed by atoms with Gasteiger partial charge in [0.1, 0.15) is 0 Å². The van der Waals surface area contributed by atoms with E-state index in [1.807, 2.05) is 0 Å². The summed E-state index contributed by atoms with van der Waals surface area (Å²) in [5, 5.41) is 0. The molecule has 0 saturated carbocycles. The molecule has 0 atom stereocenters. The third-order valence-electron chi connectivity index (χ3n) is 0.866. The molecule has 35 valence electrons. The first-order valence-corrected chi connectivity index (χ1v) is 15.2. The summed E-state index contributed by atoms with van der Waals surface area (Å²) in [6, 6.07) is 0. The summed E-state index contributed by atoms with van der Waals surface area (Å²) >= 11 is -0.118. The van der Waals surface area contributed by atoms with Crippen molar-refractivity contribution in [1.29, 1.82) is 0 Å². The minimum atomic E-state index is -0.423. The number of hydrogen-bond acceptors (Lipinski definition) is 0.